The number of carbonyl (C=O) groups excluding carboxylic acids is 2. The molecule has 0 aliphatic rings. The van der Waals surface area contributed by atoms with Gasteiger partial charge in [-0.1, -0.05) is 0 Å². The van der Waals surface area contributed by atoms with Gasteiger partial charge in [-0.15, -0.1) is 0 Å². The summed E-state index contributed by atoms with van der Waals surface area (Å²) in [5, 5.41) is 2.55. The van der Waals surface area contributed by atoms with Gasteiger partial charge in [0.2, 0.25) is 11.8 Å². The van der Waals surface area contributed by atoms with Crippen molar-refractivity contribution >= 4 is 17.5 Å². The number of hydrogen-bond acceptors (Lipinski definition) is 2. The highest BCUT2D eigenvalue weighted by molar-refractivity contribution is 6.03. The van der Waals surface area contributed by atoms with E-state index < -0.39 is 5.91 Å². The molecular formula is C13H17FN2O2. The minimum atomic E-state index is -0.390. The Morgan fingerprint density at radius 2 is 1.72 bits per heavy atom. The van der Waals surface area contributed by atoms with Crippen molar-refractivity contribution in [2.24, 2.45) is 0 Å². The van der Waals surface area contributed by atoms with Gasteiger partial charge in [-0.2, -0.15) is 0 Å². The highest BCUT2D eigenvalue weighted by atomic mass is 19.1. The predicted molar refractivity (Wildman–Crippen MR) is 67.6 cm³/mol. The molecule has 2 amide bonds. The third-order valence-electron chi connectivity index (χ3n) is 2.56. The summed E-state index contributed by atoms with van der Waals surface area (Å²) in [4.78, 5) is 24.8. The zero-order valence-corrected chi connectivity index (χ0v) is 10.6. The molecule has 1 aromatic carbocycles. The summed E-state index contributed by atoms with van der Waals surface area (Å²) in [6, 6.07) is 5.41. The minimum absolute atomic E-state index is 0.195. The Hall–Kier alpha value is -1.91. The van der Waals surface area contributed by atoms with Crippen molar-refractivity contribution in [1.82, 2.24) is 4.90 Å². The molecule has 0 atom stereocenters. The average molecular weight is 252 g/mol. The molecule has 0 radical (unpaired) electrons. The lowest BCUT2D eigenvalue weighted by molar-refractivity contribution is -0.134. The minimum Gasteiger partial charge on any atom is -0.343 e. The molecule has 0 aromatic heterocycles. The van der Waals surface area contributed by atoms with E-state index in [1.807, 2.05) is 13.8 Å². The first-order valence-electron chi connectivity index (χ1n) is 5.90. The third kappa shape index (κ3) is 4.16. The predicted octanol–water partition coefficient (Wildman–Crippen LogP) is 2.02. The summed E-state index contributed by atoms with van der Waals surface area (Å²) in [6.45, 7) is 4.89. The fourth-order valence-electron chi connectivity index (χ4n) is 1.56. The number of halogens is 1. The summed E-state index contributed by atoms with van der Waals surface area (Å²) in [7, 11) is 0. The molecule has 0 fully saturated rings. The van der Waals surface area contributed by atoms with Crippen molar-refractivity contribution in [3.05, 3.63) is 30.1 Å². The number of nitrogens with one attached hydrogen (secondary N) is 1. The van der Waals surface area contributed by atoms with Crippen LogP contribution in [0.25, 0.3) is 0 Å². The Bertz CT molecular complexity index is 414. The van der Waals surface area contributed by atoms with Crippen molar-refractivity contribution in [3.63, 3.8) is 0 Å². The molecule has 1 rings (SSSR count). The van der Waals surface area contributed by atoms with E-state index in [4.69, 9.17) is 0 Å². The molecule has 0 bridgehead atoms. The molecule has 0 saturated carbocycles. The number of hydrogen-bond donors (Lipinski definition) is 1. The topological polar surface area (TPSA) is 49.4 Å². The molecule has 1 N–H and O–H groups in total. The maximum atomic E-state index is 12.7. The standard InChI is InChI=1S/C13H17FN2O2/c1-3-16(4-2)13(18)9-12(17)15-11-7-5-10(14)6-8-11/h5-8H,3-4,9H2,1-2H3,(H,15,17). The van der Waals surface area contributed by atoms with Gasteiger partial charge in [0.15, 0.2) is 0 Å². The highest BCUT2D eigenvalue weighted by Crippen LogP contribution is 2.08. The molecule has 4 nitrogen and oxygen atoms in total. The van der Waals surface area contributed by atoms with Crippen molar-refractivity contribution < 1.29 is 14.0 Å². The van der Waals surface area contributed by atoms with Crippen molar-refractivity contribution in [2.45, 2.75) is 20.3 Å². The SMILES string of the molecule is CCN(CC)C(=O)CC(=O)Nc1ccc(F)cc1. The van der Waals surface area contributed by atoms with Gasteiger partial charge in [0.1, 0.15) is 12.2 Å². The van der Waals surface area contributed by atoms with Gasteiger partial charge in [0.25, 0.3) is 0 Å². The highest BCUT2D eigenvalue weighted by Gasteiger charge is 2.14. The smallest absolute Gasteiger partial charge is 0.233 e. The van der Waals surface area contributed by atoms with E-state index in [0.29, 0.717) is 18.8 Å². The molecule has 18 heavy (non-hydrogen) atoms. The number of amides is 2. The molecule has 0 aliphatic heterocycles. The van der Waals surface area contributed by atoms with Crippen LogP contribution in [0.4, 0.5) is 10.1 Å². The van der Waals surface area contributed by atoms with Crippen LogP contribution in [0.5, 0.6) is 0 Å². The van der Waals surface area contributed by atoms with Gasteiger partial charge in [-0.25, -0.2) is 4.39 Å². The van der Waals surface area contributed by atoms with Gasteiger partial charge in [0.05, 0.1) is 0 Å². The first-order chi connectivity index (χ1) is 8.56. The average Bonchev–Trinajstić information content (AvgIpc) is 2.33. The fourth-order valence-corrected chi connectivity index (χ4v) is 1.56. The van der Waals surface area contributed by atoms with E-state index in [2.05, 4.69) is 5.32 Å². The van der Waals surface area contributed by atoms with Gasteiger partial charge in [-0.05, 0) is 38.1 Å². The quantitative estimate of drug-likeness (QED) is 0.815. The molecule has 5 heteroatoms. The van der Waals surface area contributed by atoms with E-state index >= 15 is 0 Å². The Labute approximate surface area is 106 Å². The molecule has 0 spiro atoms. The Morgan fingerprint density at radius 1 is 1.17 bits per heavy atom. The molecule has 0 aliphatic carbocycles. The third-order valence-corrected chi connectivity index (χ3v) is 2.56. The van der Waals surface area contributed by atoms with Crippen molar-refractivity contribution in [2.75, 3.05) is 18.4 Å². The van der Waals surface area contributed by atoms with Gasteiger partial charge >= 0.3 is 0 Å². The summed E-state index contributed by atoms with van der Waals surface area (Å²) >= 11 is 0. The lowest BCUT2D eigenvalue weighted by Gasteiger charge is -2.18. The largest absolute Gasteiger partial charge is 0.343 e. The Balaban J connectivity index is 2.51. The van der Waals surface area contributed by atoms with Crippen LogP contribution >= 0.6 is 0 Å². The summed E-state index contributed by atoms with van der Waals surface area (Å²) < 4.78 is 12.7. The van der Waals surface area contributed by atoms with Crippen LogP contribution in [0, 0.1) is 5.82 Å². The van der Waals surface area contributed by atoms with Gasteiger partial charge in [-0.3, -0.25) is 9.59 Å². The van der Waals surface area contributed by atoms with E-state index in [1.54, 1.807) is 4.90 Å². The number of rotatable bonds is 5. The zero-order valence-electron chi connectivity index (χ0n) is 10.6. The molecule has 0 unspecified atom stereocenters. The Kier molecular flexibility index (Phi) is 5.30. The molecular weight excluding hydrogens is 235 g/mol. The Morgan fingerprint density at radius 3 is 2.22 bits per heavy atom. The van der Waals surface area contributed by atoms with Gasteiger partial charge in [0, 0.05) is 18.8 Å². The van der Waals surface area contributed by atoms with Crippen LogP contribution in [0.15, 0.2) is 24.3 Å². The van der Waals surface area contributed by atoms with Gasteiger partial charge < -0.3 is 10.2 Å². The second kappa shape index (κ2) is 6.74. The summed E-state index contributed by atoms with van der Waals surface area (Å²) in [5.74, 6) is -0.967. The summed E-state index contributed by atoms with van der Waals surface area (Å²) in [6.07, 6.45) is -0.195. The monoisotopic (exact) mass is 252 g/mol. The summed E-state index contributed by atoms with van der Waals surface area (Å²) in [5.41, 5.74) is 0.480. The first kappa shape index (κ1) is 14.2. The van der Waals surface area contributed by atoms with E-state index in [-0.39, 0.29) is 18.1 Å². The van der Waals surface area contributed by atoms with Crippen LogP contribution in [0.1, 0.15) is 20.3 Å². The number of nitrogens with zero attached hydrogens (tertiary/aromatic N) is 1. The first-order valence-corrected chi connectivity index (χ1v) is 5.90. The van der Waals surface area contributed by atoms with Crippen molar-refractivity contribution in [3.8, 4) is 0 Å². The van der Waals surface area contributed by atoms with Crippen LogP contribution in [-0.4, -0.2) is 29.8 Å². The number of benzene rings is 1. The molecule has 98 valence electrons. The van der Waals surface area contributed by atoms with Crippen LogP contribution in [0.2, 0.25) is 0 Å². The van der Waals surface area contributed by atoms with Crippen LogP contribution < -0.4 is 5.32 Å². The maximum Gasteiger partial charge on any atom is 0.233 e. The molecule has 0 saturated heterocycles. The number of carbonyl (C=O) groups is 2. The lowest BCUT2D eigenvalue weighted by Crippen LogP contribution is -2.33. The van der Waals surface area contributed by atoms with E-state index in [9.17, 15) is 14.0 Å². The molecule has 1 aromatic rings. The molecule has 0 heterocycles. The van der Waals surface area contributed by atoms with E-state index in [0.717, 1.165) is 0 Å². The van der Waals surface area contributed by atoms with Crippen LogP contribution in [-0.2, 0) is 9.59 Å². The normalized spacial score (nSPS) is 9.94. The fraction of sp³-hybridized carbons (Fsp3) is 0.385. The van der Waals surface area contributed by atoms with Crippen molar-refractivity contribution in [1.29, 1.82) is 0 Å². The second-order valence-corrected chi connectivity index (χ2v) is 3.80. The maximum absolute atomic E-state index is 12.7. The van der Waals surface area contributed by atoms with E-state index in [1.165, 1.54) is 24.3 Å². The second-order valence-electron chi connectivity index (χ2n) is 3.80. The van der Waals surface area contributed by atoms with Crippen LogP contribution in [0.3, 0.4) is 0 Å². The zero-order chi connectivity index (χ0) is 13.5. The number of anilines is 1. The lowest BCUT2D eigenvalue weighted by atomic mass is 10.3.